The highest BCUT2D eigenvalue weighted by Gasteiger charge is 2.22. The van der Waals surface area contributed by atoms with Crippen molar-refractivity contribution >= 4 is 15.9 Å². The molecule has 0 saturated carbocycles. The molecule has 1 saturated heterocycles. The zero-order chi connectivity index (χ0) is 14.1. The summed E-state index contributed by atoms with van der Waals surface area (Å²) in [5.41, 5.74) is 4.54. The van der Waals surface area contributed by atoms with Gasteiger partial charge >= 0.3 is 0 Å². The van der Waals surface area contributed by atoms with Crippen molar-refractivity contribution in [3.63, 3.8) is 0 Å². The van der Waals surface area contributed by atoms with Crippen LogP contribution in [0.2, 0.25) is 0 Å². The number of nitrogens with zero attached hydrogens (tertiary/aromatic N) is 1. The van der Waals surface area contributed by atoms with E-state index in [-0.39, 0.29) is 0 Å². The van der Waals surface area contributed by atoms with Gasteiger partial charge in [-0.25, -0.2) is 0 Å². The zero-order valence-electron chi connectivity index (χ0n) is 11.7. The van der Waals surface area contributed by atoms with E-state index in [1.165, 1.54) is 24.1 Å². The molecule has 0 bridgehead atoms. The Balaban J connectivity index is 1.96. The molecule has 1 atom stereocenters. The summed E-state index contributed by atoms with van der Waals surface area (Å²) in [4.78, 5) is 0. The molecule has 1 aromatic carbocycles. The zero-order valence-corrected chi connectivity index (χ0v) is 13.3. The summed E-state index contributed by atoms with van der Waals surface area (Å²) in [6.45, 7) is 3.22. The van der Waals surface area contributed by atoms with Crippen LogP contribution in [0.3, 0.4) is 0 Å². The molecule has 1 aliphatic rings. The summed E-state index contributed by atoms with van der Waals surface area (Å²) in [6, 6.07) is 6.46. The van der Waals surface area contributed by atoms with E-state index in [1.807, 2.05) is 18.2 Å². The van der Waals surface area contributed by atoms with E-state index in [4.69, 9.17) is 4.74 Å². The molecule has 1 fully saturated rings. The molecule has 0 amide bonds. The van der Waals surface area contributed by atoms with E-state index in [2.05, 4.69) is 38.4 Å². The monoisotopic (exact) mass is 335 g/mol. The number of aromatic nitrogens is 2. The number of benzene rings is 1. The first kappa shape index (κ1) is 13.6. The van der Waals surface area contributed by atoms with Crippen LogP contribution in [0.5, 0.6) is 5.75 Å². The van der Waals surface area contributed by atoms with E-state index >= 15 is 0 Å². The van der Waals surface area contributed by atoms with E-state index < -0.39 is 0 Å². The van der Waals surface area contributed by atoms with Crippen LogP contribution in [0.1, 0.15) is 30.1 Å². The quantitative estimate of drug-likeness (QED) is 0.901. The lowest BCUT2D eigenvalue weighted by atomic mass is 10.0. The van der Waals surface area contributed by atoms with Crippen molar-refractivity contribution in [2.45, 2.75) is 25.8 Å². The van der Waals surface area contributed by atoms with Crippen molar-refractivity contribution in [1.29, 1.82) is 0 Å². The highest BCUT2D eigenvalue weighted by Crippen LogP contribution is 2.34. The Bertz CT molecular complexity index is 618. The molecule has 0 spiro atoms. The van der Waals surface area contributed by atoms with E-state index in [1.54, 1.807) is 7.11 Å². The molecule has 20 heavy (non-hydrogen) atoms. The number of hydrogen-bond donors (Lipinski definition) is 2. The minimum Gasteiger partial charge on any atom is -0.496 e. The van der Waals surface area contributed by atoms with Crippen LogP contribution in [0, 0.1) is 6.92 Å². The van der Waals surface area contributed by atoms with Gasteiger partial charge in [-0.2, -0.15) is 5.10 Å². The van der Waals surface area contributed by atoms with Gasteiger partial charge in [-0.3, -0.25) is 5.10 Å². The molecule has 1 unspecified atom stereocenters. The van der Waals surface area contributed by atoms with Gasteiger partial charge in [0.2, 0.25) is 0 Å². The van der Waals surface area contributed by atoms with Crippen LogP contribution >= 0.6 is 15.9 Å². The predicted octanol–water partition coefficient (Wildman–Crippen LogP) is 3.58. The first-order valence-electron chi connectivity index (χ1n) is 6.83. The molecule has 1 aromatic heterocycles. The van der Waals surface area contributed by atoms with Gasteiger partial charge in [-0.1, -0.05) is 0 Å². The van der Waals surface area contributed by atoms with Crippen LogP contribution in [-0.4, -0.2) is 23.9 Å². The maximum absolute atomic E-state index is 5.27. The number of ether oxygens (including phenoxy) is 1. The Kier molecular flexibility index (Phi) is 3.81. The Hall–Kier alpha value is -1.33. The van der Waals surface area contributed by atoms with Gasteiger partial charge in [0.1, 0.15) is 5.75 Å². The average Bonchev–Trinajstić information content (AvgIpc) is 3.07. The van der Waals surface area contributed by atoms with Gasteiger partial charge in [0.15, 0.2) is 0 Å². The van der Waals surface area contributed by atoms with E-state index in [0.717, 1.165) is 28.0 Å². The molecule has 3 rings (SSSR count). The summed E-state index contributed by atoms with van der Waals surface area (Å²) >= 11 is 3.53. The summed E-state index contributed by atoms with van der Waals surface area (Å²) < 4.78 is 6.21. The SMILES string of the molecule is COc1ccc(-c2n[nH]c(C3CCCN3)c2C)cc1Br. The Morgan fingerprint density at radius 1 is 1.40 bits per heavy atom. The van der Waals surface area contributed by atoms with E-state index in [0.29, 0.717) is 6.04 Å². The topological polar surface area (TPSA) is 49.9 Å². The summed E-state index contributed by atoms with van der Waals surface area (Å²) in [7, 11) is 1.67. The average molecular weight is 336 g/mol. The Morgan fingerprint density at radius 3 is 2.90 bits per heavy atom. The fourth-order valence-electron chi connectivity index (χ4n) is 2.78. The second kappa shape index (κ2) is 5.58. The number of nitrogens with one attached hydrogen (secondary N) is 2. The number of H-pyrrole nitrogens is 1. The molecule has 4 nitrogen and oxygen atoms in total. The Labute approximate surface area is 127 Å². The fraction of sp³-hybridized carbons (Fsp3) is 0.400. The van der Waals surface area contributed by atoms with Crippen molar-refractivity contribution < 1.29 is 4.74 Å². The fourth-order valence-corrected chi connectivity index (χ4v) is 3.32. The number of hydrogen-bond acceptors (Lipinski definition) is 3. The van der Waals surface area contributed by atoms with Crippen molar-refractivity contribution in [1.82, 2.24) is 15.5 Å². The number of aromatic amines is 1. The molecule has 0 aliphatic carbocycles. The van der Waals surface area contributed by atoms with Crippen molar-refractivity contribution in [2.75, 3.05) is 13.7 Å². The van der Waals surface area contributed by atoms with Crippen LogP contribution in [0.4, 0.5) is 0 Å². The van der Waals surface area contributed by atoms with Crippen molar-refractivity contribution in [3.8, 4) is 17.0 Å². The number of halogens is 1. The minimum absolute atomic E-state index is 0.415. The van der Waals surface area contributed by atoms with Crippen LogP contribution < -0.4 is 10.1 Å². The van der Waals surface area contributed by atoms with Crippen LogP contribution in [0.15, 0.2) is 22.7 Å². The van der Waals surface area contributed by atoms with Crippen LogP contribution in [0.25, 0.3) is 11.3 Å². The number of methoxy groups -OCH3 is 1. The molecule has 1 aliphatic heterocycles. The highest BCUT2D eigenvalue weighted by molar-refractivity contribution is 9.10. The van der Waals surface area contributed by atoms with Gasteiger partial charge in [0, 0.05) is 11.6 Å². The highest BCUT2D eigenvalue weighted by atomic mass is 79.9. The van der Waals surface area contributed by atoms with Gasteiger partial charge in [-0.15, -0.1) is 0 Å². The first-order valence-corrected chi connectivity index (χ1v) is 7.62. The standard InChI is InChI=1S/C15H18BrN3O/c1-9-14(10-5-6-13(20-2)11(16)8-10)18-19-15(9)12-4-3-7-17-12/h5-6,8,12,17H,3-4,7H2,1-2H3,(H,18,19). The van der Waals surface area contributed by atoms with Gasteiger partial charge < -0.3 is 10.1 Å². The third-order valence-corrected chi connectivity index (χ3v) is 4.50. The van der Waals surface area contributed by atoms with Gasteiger partial charge in [0.25, 0.3) is 0 Å². The lowest BCUT2D eigenvalue weighted by molar-refractivity contribution is 0.412. The summed E-state index contributed by atoms with van der Waals surface area (Å²) in [6.07, 6.45) is 2.40. The second-order valence-corrected chi connectivity index (χ2v) is 5.96. The lowest BCUT2D eigenvalue weighted by Gasteiger charge is -2.09. The predicted molar refractivity (Wildman–Crippen MR) is 83.0 cm³/mol. The number of rotatable bonds is 3. The van der Waals surface area contributed by atoms with Gasteiger partial charge in [0.05, 0.1) is 23.0 Å². The van der Waals surface area contributed by atoms with Crippen molar-refractivity contribution in [2.24, 2.45) is 0 Å². The second-order valence-electron chi connectivity index (χ2n) is 5.11. The Morgan fingerprint density at radius 2 is 2.25 bits per heavy atom. The molecule has 2 aromatic rings. The molecule has 0 radical (unpaired) electrons. The third-order valence-electron chi connectivity index (χ3n) is 3.88. The molecular weight excluding hydrogens is 318 g/mol. The van der Waals surface area contributed by atoms with Crippen LogP contribution in [-0.2, 0) is 0 Å². The van der Waals surface area contributed by atoms with Crippen molar-refractivity contribution in [3.05, 3.63) is 33.9 Å². The molecular formula is C15H18BrN3O. The molecule has 106 valence electrons. The normalized spacial score (nSPS) is 18.4. The summed E-state index contributed by atoms with van der Waals surface area (Å²) in [5, 5.41) is 11.2. The molecule has 5 heteroatoms. The van der Waals surface area contributed by atoms with E-state index in [9.17, 15) is 0 Å². The molecule has 2 heterocycles. The lowest BCUT2D eigenvalue weighted by Crippen LogP contribution is -2.14. The third kappa shape index (κ3) is 2.36. The summed E-state index contributed by atoms with van der Waals surface area (Å²) in [5.74, 6) is 0.833. The largest absolute Gasteiger partial charge is 0.496 e. The minimum atomic E-state index is 0.415. The maximum atomic E-state index is 5.27. The smallest absolute Gasteiger partial charge is 0.133 e. The first-order chi connectivity index (χ1) is 9.70. The maximum Gasteiger partial charge on any atom is 0.133 e. The molecule has 2 N–H and O–H groups in total. The van der Waals surface area contributed by atoms with Gasteiger partial charge in [-0.05, 0) is 66.0 Å².